The average Bonchev–Trinajstić information content (AvgIpc) is 2.74. The number of nitrogens with zero attached hydrogens (tertiary/aromatic N) is 3. The molecule has 0 bridgehead atoms. The smallest absolute Gasteiger partial charge is 0.241 e. The summed E-state index contributed by atoms with van der Waals surface area (Å²) >= 11 is 0. The molecular weight excluding hydrogens is 495 g/mol. The maximum Gasteiger partial charge on any atom is 0.241 e. The van der Waals surface area contributed by atoms with Crippen molar-refractivity contribution in [1.29, 1.82) is 0 Å². The predicted octanol–water partition coefficient (Wildman–Crippen LogP) is 2.86. The maximum absolute atomic E-state index is 12.0. The number of benzene rings is 2. The molecule has 0 heterocycles. The SMILES string of the molecule is COc1ccc(CN=C(NCC(=O)N(C)C)N(C)CCOc2ccccc2)cc1.I. The highest BCUT2D eigenvalue weighted by molar-refractivity contribution is 14.0. The highest BCUT2D eigenvalue weighted by atomic mass is 127. The van der Waals surface area contributed by atoms with E-state index in [2.05, 4.69) is 10.3 Å². The Morgan fingerprint density at radius 1 is 1.00 bits per heavy atom. The monoisotopic (exact) mass is 526 g/mol. The molecular formula is C22H31IN4O3. The molecule has 8 heteroatoms. The molecule has 0 aromatic heterocycles. The summed E-state index contributed by atoms with van der Waals surface area (Å²) in [5.41, 5.74) is 1.05. The Morgan fingerprint density at radius 3 is 2.27 bits per heavy atom. The largest absolute Gasteiger partial charge is 0.497 e. The maximum atomic E-state index is 12.0. The van der Waals surface area contributed by atoms with Gasteiger partial charge >= 0.3 is 0 Å². The number of rotatable bonds is 9. The number of hydrogen-bond donors (Lipinski definition) is 1. The number of amides is 1. The molecule has 2 rings (SSSR count). The van der Waals surface area contributed by atoms with E-state index < -0.39 is 0 Å². The second-order valence-electron chi connectivity index (χ2n) is 6.71. The Bertz CT molecular complexity index is 783. The van der Waals surface area contributed by atoms with Gasteiger partial charge in [-0.05, 0) is 29.8 Å². The van der Waals surface area contributed by atoms with Crippen molar-refractivity contribution in [3.05, 3.63) is 60.2 Å². The van der Waals surface area contributed by atoms with E-state index in [0.29, 0.717) is 25.7 Å². The number of carbonyl (C=O) groups excluding carboxylic acids is 1. The quantitative estimate of drug-likeness (QED) is 0.310. The van der Waals surface area contributed by atoms with E-state index >= 15 is 0 Å². The molecule has 30 heavy (non-hydrogen) atoms. The third-order valence-electron chi connectivity index (χ3n) is 4.27. The van der Waals surface area contributed by atoms with Gasteiger partial charge in [-0.3, -0.25) is 4.79 Å². The standard InChI is InChI=1S/C22H30N4O3.HI/c1-25(2)21(27)17-24-22(23-16-18-10-12-19(28-4)13-11-18)26(3)14-15-29-20-8-6-5-7-9-20;/h5-13H,14-17H2,1-4H3,(H,23,24);1H. The van der Waals surface area contributed by atoms with Crippen molar-refractivity contribution >= 4 is 35.8 Å². The van der Waals surface area contributed by atoms with E-state index in [1.54, 1.807) is 26.1 Å². The number of guanidine groups is 1. The zero-order valence-electron chi connectivity index (χ0n) is 18.0. The second-order valence-corrected chi connectivity index (χ2v) is 6.71. The van der Waals surface area contributed by atoms with Crippen LogP contribution in [0.1, 0.15) is 5.56 Å². The van der Waals surface area contributed by atoms with Crippen molar-refractivity contribution in [3.8, 4) is 11.5 Å². The zero-order valence-corrected chi connectivity index (χ0v) is 20.3. The van der Waals surface area contributed by atoms with E-state index in [1.807, 2.05) is 66.5 Å². The summed E-state index contributed by atoms with van der Waals surface area (Å²) in [6.45, 7) is 1.80. The number of aliphatic imine (C=N–C) groups is 1. The van der Waals surface area contributed by atoms with Gasteiger partial charge < -0.3 is 24.6 Å². The molecule has 0 fully saturated rings. The van der Waals surface area contributed by atoms with Crippen LogP contribution in [0.4, 0.5) is 0 Å². The summed E-state index contributed by atoms with van der Waals surface area (Å²) in [6.07, 6.45) is 0. The Morgan fingerprint density at radius 2 is 1.67 bits per heavy atom. The third-order valence-corrected chi connectivity index (χ3v) is 4.27. The summed E-state index contributed by atoms with van der Waals surface area (Å²) in [6, 6.07) is 17.4. The van der Waals surface area contributed by atoms with Crippen molar-refractivity contribution in [3.63, 3.8) is 0 Å². The minimum atomic E-state index is -0.0175. The van der Waals surface area contributed by atoms with Gasteiger partial charge in [-0.2, -0.15) is 0 Å². The first-order valence-electron chi connectivity index (χ1n) is 9.50. The molecule has 0 aliphatic rings. The fourth-order valence-electron chi connectivity index (χ4n) is 2.44. The van der Waals surface area contributed by atoms with E-state index in [1.165, 1.54) is 0 Å². The van der Waals surface area contributed by atoms with E-state index in [4.69, 9.17) is 9.47 Å². The molecule has 0 unspecified atom stereocenters. The lowest BCUT2D eigenvalue weighted by molar-refractivity contribution is -0.127. The number of nitrogens with one attached hydrogen (secondary N) is 1. The molecule has 0 saturated carbocycles. The first-order valence-corrected chi connectivity index (χ1v) is 9.50. The summed E-state index contributed by atoms with van der Waals surface area (Å²) in [5.74, 6) is 2.26. The van der Waals surface area contributed by atoms with Gasteiger partial charge in [0, 0.05) is 21.1 Å². The van der Waals surface area contributed by atoms with Gasteiger partial charge in [-0.15, -0.1) is 24.0 Å². The number of para-hydroxylation sites is 1. The molecule has 0 radical (unpaired) electrons. The summed E-state index contributed by atoms with van der Waals surface area (Å²) in [4.78, 5) is 20.1. The Balaban J connectivity index is 0.00000450. The molecule has 1 N–H and O–H groups in total. The Labute approximate surface area is 196 Å². The van der Waals surface area contributed by atoms with Gasteiger partial charge in [0.05, 0.1) is 26.7 Å². The van der Waals surface area contributed by atoms with Crippen LogP contribution in [0.15, 0.2) is 59.6 Å². The number of likely N-dealkylation sites (N-methyl/N-ethyl adjacent to an activating group) is 2. The van der Waals surface area contributed by atoms with Gasteiger partial charge in [-0.25, -0.2) is 4.99 Å². The van der Waals surface area contributed by atoms with Crippen molar-refractivity contribution in [2.45, 2.75) is 6.54 Å². The molecule has 0 aliphatic heterocycles. The molecule has 1 amide bonds. The molecule has 2 aromatic rings. The van der Waals surface area contributed by atoms with Crippen molar-refractivity contribution < 1.29 is 14.3 Å². The highest BCUT2D eigenvalue weighted by Crippen LogP contribution is 2.12. The molecule has 164 valence electrons. The van der Waals surface area contributed by atoms with Gasteiger partial charge in [0.25, 0.3) is 0 Å². The summed E-state index contributed by atoms with van der Waals surface area (Å²) < 4.78 is 11.0. The van der Waals surface area contributed by atoms with Crippen LogP contribution in [0.2, 0.25) is 0 Å². The van der Waals surface area contributed by atoms with Crippen molar-refractivity contribution in [1.82, 2.24) is 15.1 Å². The van der Waals surface area contributed by atoms with E-state index in [9.17, 15) is 4.79 Å². The molecule has 7 nitrogen and oxygen atoms in total. The van der Waals surface area contributed by atoms with E-state index in [-0.39, 0.29) is 36.4 Å². The van der Waals surface area contributed by atoms with Gasteiger partial charge in [-0.1, -0.05) is 30.3 Å². The highest BCUT2D eigenvalue weighted by Gasteiger charge is 2.10. The Kier molecular flexibility index (Phi) is 11.7. The average molecular weight is 526 g/mol. The first kappa shape index (κ1) is 25.5. The number of ether oxygens (including phenoxy) is 2. The number of hydrogen-bond acceptors (Lipinski definition) is 4. The summed E-state index contributed by atoms with van der Waals surface area (Å²) in [7, 11) is 7.03. The van der Waals surface area contributed by atoms with Crippen molar-refractivity contribution in [2.75, 3.05) is 47.9 Å². The van der Waals surface area contributed by atoms with Crippen LogP contribution in [0.25, 0.3) is 0 Å². The van der Waals surface area contributed by atoms with E-state index in [0.717, 1.165) is 17.1 Å². The lowest BCUT2D eigenvalue weighted by Gasteiger charge is -2.23. The minimum Gasteiger partial charge on any atom is -0.497 e. The molecule has 0 aliphatic carbocycles. The zero-order chi connectivity index (χ0) is 21.1. The number of methoxy groups -OCH3 is 1. The molecule has 2 aromatic carbocycles. The van der Waals surface area contributed by atoms with Gasteiger partial charge in [0.2, 0.25) is 5.91 Å². The van der Waals surface area contributed by atoms with Crippen LogP contribution in [0.5, 0.6) is 11.5 Å². The number of carbonyl (C=O) groups is 1. The normalized spacial score (nSPS) is 10.6. The van der Waals surface area contributed by atoms with Crippen LogP contribution in [-0.2, 0) is 11.3 Å². The summed E-state index contributed by atoms with van der Waals surface area (Å²) in [5, 5.41) is 3.15. The first-order chi connectivity index (χ1) is 14.0. The van der Waals surface area contributed by atoms with Crippen LogP contribution in [0.3, 0.4) is 0 Å². The third kappa shape index (κ3) is 8.89. The molecule has 0 saturated heterocycles. The fourth-order valence-corrected chi connectivity index (χ4v) is 2.44. The molecule has 0 atom stereocenters. The second kappa shape index (κ2) is 13.7. The Hall–Kier alpha value is -2.49. The van der Waals surface area contributed by atoms with Crippen LogP contribution in [0, 0.1) is 0 Å². The van der Waals surface area contributed by atoms with Crippen LogP contribution in [-0.4, -0.2) is 69.6 Å². The fraction of sp³-hybridized carbons (Fsp3) is 0.364. The van der Waals surface area contributed by atoms with Gasteiger partial charge in [0.1, 0.15) is 18.1 Å². The topological polar surface area (TPSA) is 66.4 Å². The number of halogens is 1. The van der Waals surface area contributed by atoms with Gasteiger partial charge in [0.15, 0.2) is 5.96 Å². The van der Waals surface area contributed by atoms with Crippen LogP contribution < -0.4 is 14.8 Å². The minimum absolute atomic E-state index is 0. The van der Waals surface area contributed by atoms with Crippen LogP contribution >= 0.6 is 24.0 Å². The lowest BCUT2D eigenvalue weighted by atomic mass is 10.2. The van der Waals surface area contributed by atoms with Crippen molar-refractivity contribution in [2.24, 2.45) is 4.99 Å². The lowest BCUT2D eigenvalue weighted by Crippen LogP contribution is -2.45. The predicted molar refractivity (Wildman–Crippen MR) is 131 cm³/mol. The molecule has 0 spiro atoms.